The quantitative estimate of drug-likeness (QED) is 0.371. The van der Waals surface area contributed by atoms with E-state index in [1.165, 1.54) is 36.8 Å². The molecule has 0 bridgehead atoms. The molecule has 3 aromatic rings. The number of nitrogens with zero attached hydrogens (tertiary/aromatic N) is 4. The summed E-state index contributed by atoms with van der Waals surface area (Å²) in [5, 5.41) is 13.2. The highest BCUT2D eigenvalue weighted by atomic mass is 32.2. The van der Waals surface area contributed by atoms with Gasteiger partial charge in [0, 0.05) is 29.2 Å². The summed E-state index contributed by atoms with van der Waals surface area (Å²) in [5.74, 6) is 2.50. The zero-order valence-corrected chi connectivity index (χ0v) is 17.2. The lowest BCUT2D eigenvalue weighted by molar-refractivity contribution is 0.594. The van der Waals surface area contributed by atoms with Crippen LogP contribution in [-0.4, -0.2) is 19.7 Å². The van der Waals surface area contributed by atoms with Crippen molar-refractivity contribution in [2.45, 2.75) is 56.0 Å². The third-order valence-corrected chi connectivity index (χ3v) is 6.98. The van der Waals surface area contributed by atoms with Crippen LogP contribution in [0.2, 0.25) is 0 Å². The molecule has 2 heterocycles. The summed E-state index contributed by atoms with van der Waals surface area (Å²) in [7, 11) is 0. The van der Waals surface area contributed by atoms with Gasteiger partial charge in [-0.2, -0.15) is 0 Å². The van der Waals surface area contributed by atoms with Crippen LogP contribution in [0.15, 0.2) is 47.5 Å². The van der Waals surface area contributed by atoms with E-state index in [1.807, 2.05) is 6.08 Å². The van der Waals surface area contributed by atoms with Gasteiger partial charge in [-0.25, -0.2) is 4.98 Å². The molecule has 0 N–H and O–H groups in total. The zero-order chi connectivity index (χ0) is 18.6. The number of thiazole rings is 1. The van der Waals surface area contributed by atoms with Crippen LogP contribution in [0.5, 0.6) is 0 Å². The molecule has 1 fully saturated rings. The van der Waals surface area contributed by atoms with Crippen molar-refractivity contribution < 1.29 is 0 Å². The van der Waals surface area contributed by atoms with Crippen molar-refractivity contribution in [2.24, 2.45) is 0 Å². The molecule has 0 unspecified atom stereocenters. The van der Waals surface area contributed by atoms with Gasteiger partial charge in [0.15, 0.2) is 5.16 Å². The topological polar surface area (TPSA) is 43.6 Å². The van der Waals surface area contributed by atoms with Gasteiger partial charge in [-0.3, -0.25) is 0 Å². The lowest BCUT2D eigenvalue weighted by Crippen LogP contribution is -2.07. The van der Waals surface area contributed by atoms with E-state index in [0.717, 1.165) is 34.0 Å². The van der Waals surface area contributed by atoms with E-state index in [1.54, 1.807) is 23.1 Å². The van der Waals surface area contributed by atoms with E-state index in [9.17, 15) is 0 Å². The van der Waals surface area contributed by atoms with Crippen LogP contribution in [0.3, 0.4) is 0 Å². The van der Waals surface area contributed by atoms with Gasteiger partial charge in [-0.1, -0.05) is 54.9 Å². The van der Waals surface area contributed by atoms with Crippen molar-refractivity contribution in [1.82, 2.24) is 19.7 Å². The lowest BCUT2D eigenvalue weighted by Gasteiger charge is -2.11. The van der Waals surface area contributed by atoms with Crippen LogP contribution in [0.1, 0.15) is 48.7 Å². The van der Waals surface area contributed by atoms with Gasteiger partial charge >= 0.3 is 0 Å². The third-order valence-electron chi connectivity index (χ3n) is 5.05. The molecular weight excluding hydrogens is 372 g/mol. The van der Waals surface area contributed by atoms with Crippen molar-refractivity contribution in [3.05, 3.63) is 59.4 Å². The Labute approximate surface area is 168 Å². The first-order chi connectivity index (χ1) is 13.3. The maximum Gasteiger partial charge on any atom is 0.191 e. The van der Waals surface area contributed by atoms with Gasteiger partial charge in [0.25, 0.3) is 0 Å². The molecule has 2 aromatic heterocycles. The van der Waals surface area contributed by atoms with E-state index < -0.39 is 0 Å². The van der Waals surface area contributed by atoms with Crippen LogP contribution in [0, 0.1) is 6.92 Å². The second-order valence-electron chi connectivity index (χ2n) is 6.97. The Morgan fingerprint density at radius 1 is 1.26 bits per heavy atom. The minimum absolute atomic E-state index is 0.554. The fourth-order valence-electron chi connectivity index (χ4n) is 3.64. The smallest absolute Gasteiger partial charge is 0.191 e. The number of hydrogen-bond donors (Lipinski definition) is 0. The van der Waals surface area contributed by atoms with Crippen molar-refractivity contribution in [3.63, 3.8) is 0 Å². The summed E-state index contributed by atoms with van der Waals surface area (Å²) >= 11 is 3.43. The van der Waals surface area contributed by atoms with E-state index in [0.29, 0.717) is 5.92 Å². The van der Waals surface area contributed by atoms with E-state index in [4.69, 9.17) is 4.98 Å². The Morgan fingerprint density at radius 3 is 2.85 bits per heavy atom. The van der Waals surface area contributed by atoms with Gasteiger partial charge in [-0.15, -0.1) is 28.1 Å². The number of hydrogen-bond acceptors (Lipinski definition) is 5. The number of thioether (sulfide) groups is 1. The second-order valence-corrected chi connectivity index (χ2v) is 8.77. The van der Waals surface area contributed by atoms with Gasteiger partial charge < -0.3 is 4.57 Å². The van der Waals surface area contributed by atoms with Crippen molar-refractivity contribution in [1.29, 1.82) is 0 Å². The summed E-state index contributed by atoms with van der Waals surface area (Å²) in [6, 6.07) is 8.41. The summed E-state index contributed by atoms with van der Waals surface area (Å²) in [5.41, 5.74) is 3.58. The van der Waals surface area contributed by atoms with Crippen molar-refractivity contribution in [2.75, 3.05) is 0 Å². The molecule has 0 radical (unpaired) electrons. The van der Waals surface area contributed by atoms with Gasteiger partial charge in [0.1, 0.15) is 10.8 Å². The van der Waals surface area contributed by atoms with E-state index in [2.05, 4.69) is 57.9 Å². The highest BCUT2D eigenvalue weighted by Gasteiger charge is 2.24. The molecule has 140 valence electrons. The Morgan fingerprint density at radius 2 is 2.07 bits per heavy atom. The van der Waals surface area contributed by atoms with E-state index >= 15 is 0 Å². The molecule has 6 heteroatoms. The number of benzene rings is 1. The molecule has 1 aromatic carbocycles. The van der Waals surface area contributed by atoms with Crippen LogP contribution in [0.25, 0.3) is 10.6 Å². The Hall–Kier alpha value is -1.92. The molecule has 4 nitrogen and oxygen atoms in total. The summed E-state index contributed by atoms with van der Waals surface area (Å²) in [6.45, 7) is 6.81. The number of aromatic nitrogens is 4. The van der Waals surface area contributed by atoms with E-state index in [-0.39, 0.29) is 0 Å². The minimum Gasteiger partial charge on any atom is -0.302 e. The Balaban J connectivity index is 1.49. The molecule has 0 amide bonds. The molecule has 1 aliphatic rings. The lowest BCUT2D eigenvalue weighted by atomic mass is 10.1. The SMILES string of the molecule is C=CCn1c(SCc2csc(-c3ccccc3C)n2)nnc1C1CCCC1. The second kappa shape index (κ2) is 8.40. The molecular formula is C21H24N4S2. The van der Waals surface area contributed by atoms with Crippen molar-refractivity contribution in [3.8, 4) is 10.6 Å². The monoisotopic (exact) mass is 396 g/mol. The highest BCUT2D eigenvalue weighted by Crippen LogP contribution is 2.35. The van der Waals surface area contributed by atoms with Crippen molar-refractivity contribution >= 4 is 23.1 Å². The summed E-state index contributed by atoms with van der Waals surface area (Å²) < 4.78 is 2.24. The molecule has 1 aliphatic carbocycles. The molecule has 1 saturated carbocycles. The fraction of sp³-hybridized carbons (Fsp3) is 0.381. The number of allylic oxidation sites excluding steroid dienone is 1. The third kappa shape index (κ3) is 4.01. The highest BCUT2D eigenvalue weighted by molar-refractivity contribution is 7.98. The molecule has 27 heavy (non-hydrogen) atoms. The standard InChI is InChI=1S/C21H24N4S2/c1-3-12-25-19(16-9-5-6-10-16)23-24-21(25)27-14-17-13-26-20(22-17)18-11-7-4-8-15(18)2/h3-4,7-8,11,13,16H,1,5-6,9-10,12,14H2,2H3. The first-order valence-corrected chi connectivity index (χ1v) is 11.3. The number of rotatable bonds is 7. The zero-order valence-electron chi connectivity index (χ0n) is 15.6. The van der Waals surface area contributed by atoms with Crippen LogP contribution < -0.4 is 0 Å². The first kappa shape index (κ1) is 18.4. The predicted octanol–water partition coefficient (Wildman–Crippen LogP) is 5.85. The van der Waals surface area contributed by atoms with Crippen LogP contribution in [0.4, 0.5) is 0 Å². The Bertz CT molecular complexity index is 922. The minimum atomic E-state index is 0.554. The average Bonchev–Trinajstić information content (AvgIpc) is 3.42. The molecule has 0 atom stereocenters. The fourth-order valence-corrected chi connectivity index (χ4v) is 5.50. The molecule has 0 spiro atoms. The van der Waals surface area contributed by atoms with Gasteiger partial charge in [0.2, 0.25) is 0 Å². The van der Waals surface area contributed by atoms with Crippen LogP contribution >= 0.6 is 23.1 Å². The predicted molar refractivity (Wildman–Crippen MR) is 113 cm³/mol. The number of aryl methyl sites for hydroxylation is 1. The maximum atomic E-state index is 4.84. The largest absolute Gasteiger partial charge is 0.302 e. The van der Waals surface area contributed by atoms with Gasteiger partial charge in [-0.05, 0) is 25.3 Å². The first-order valence-electron chi connectivity index (χ1n) is 9.43. The normalized spacial score (nSPS) is 14.7. The maximum absolute atomic E-state index is 4.84. The summed E-state index contributed by atoms with van der Waals surface area (Å²) in [6.07, 6.45) is 6.99. The molecule has 4 rings (SSSR count). The Kier molecular flexibility index (Phi) is 5.74. The average molecular weight is 397 g/mol. The summed E-state index contributed by atoms with van der Waals surface area (Å²) in [4.78, 5) is 4.84. The molecule has 0 saturated heterocycles. The van der Waals surface area contributed by atoms with Crippen LogP contribution in [-0.2, 0) is 12.3 Å². The van der Waals surface area contributed by atoms with Gasteiger partial charge in [0.05, 0.1) is 5.69 Å². The molecule has 0 aliphatic heterocycles.